The summed E-state index contributed by atoms with van der Waals surface area (Å²) in [5.41, 5.74) is 2.38. The lowest BCUT2D eigenvalue weighted by molar-refractivity contribution is 0.0730. The van der Waals surface area contributed by atoms with Crippen molar-refractivity contribution in [2.24, 2.45) is 0 Å². The molecule has 10 heteroatoms. The predicted molar refractivity (Wildman–Crippen MR) is 121 cm³/mol. The van der Waals surface area contributed by atoms with Crippen molar-refractivity contribution in [3.63, 3.8) is 0 Å². The Bertz CT molecular complexity index is 1220. The van der Waals surface area contributed by atoms with Crippen LogP contribution in [0.5, 0.6) is 0 Å². The van der Waals surface area contributed by atoms with E-state index in [1.807, 2.05) is 12.1 Å². The van der Waals surface area contributed by atoms with Gasteiger partial charge in [0, 0.05) is 24.7 Å². The van der Waals surface area contributed by atoms with E-state index in [2.05, 4.69) is 10.4 Å². The van der Waals surface area contributed by atoms with Crippen molar-refractivity contribution in [2.75, 3.05) is 26.3 Å². The third-order valence-electron chi connectivity index (χ3n) is 5.33. The first-order valence-electron chi connectivity index (χ1n) is 10.1. The molecule has 2 heterocycles. The number of nitrogens with one attached hydrogen (secondary N) is 1. The highest BCUT2D eigenvalue weighted by molar-refractivity contribution is 7.89. The summed E-state index contributed by atoms with van der Waals surface area (Å²) in [5, 5.41) is 7.75. The van der Waals surface area contributed by atoms with Crippen molar-refractivity contribution in [2.45, 2.75) is 18.4 Å². The first-order valence-corrected chi connectivity index (χ1v) is 11.9. The van der Waals surface area contributed by atoms with Gasteiger partial charge in [0.1, 0.15) is 0 Å². The summed E-state index contributed by atoms with van der Waals surface area (Å²) >= 11 is 5.94. The number of benzene rings is 2. The molecule has 0 saturated carbocycles. The van der Waals surface area contributed by atoms with E-state index in [1.54, 1.807) is 48.0 Å². The summed E-state index contributed by atoms with van der Waals surface area (Å²) in [6, 6.07) is 13.8. The zero-order valence-corrected chi connectivity index (χ0v) is 19.1. The maximum atomic E-state index is 13.1. The minimum atomic E-state index is -3.67. The fraction of sp³-hybridized carbons (Fsp3) is 0.273. The van der Waals surface area contributed by atoms with Gasteiger partial charge in [0.2, 0.25) is 10.0 Å². The molecule has 1 saturated heterocycles. The number of rotatable bonds is 6. The molecule has 168 valence electrons. The number of hydrogen-bond donors (Lipinski definition) is 1. The van der Waals surface area contributed by atoms with Gasteiger partial charge >= 0.3 is 0 Å². The van der Waals surface area contributed by atoms with Crippen LogP contribution < -0.4 is 5.32 Å². The SMILES string of the molecule is Cc1c(C(=O)NCc2ccccc2S(=O)(=O)N2CCOCC2)cnn1-c1ccc(Cl)cc1. The number of sulfonamides is 1. The molecule has 0 unspecified atom stereocenters. The van der Waals surface area contributed by atoms with Crippen molar-refractivity contribution in [1.29, 1.82) is 0 Å². The number of halogens is 1. The molecule has 0 atom stereocenters. The Hall–Kier alpha value is -2.72. The molecule has 2 aromatic carbocycles. The van der Waals surface area contributed by atoms with E-state index in [0.717, 1.165) is 5.69 Å². The molecule has 1 N–H and O–H groups in total. The number of ether oxygens (including phenoxy) is 1. The number of hydrogen-bond acceptors (Lipinski definition) is 5. The third kappa shape index (κ3) is 4.56. The van der Waals surface area contributed by atoms with E-state index < -0.39 is 10.0 Å². The Morgan fingerprint density at radius 2 is 1.81 bits per heavy atom. The monoisotopic (exact) mass is 474 g/mol. The van der Waals surface area contributed by atoms with Gasteiger partial charge < -0.3 is 10.1 Å². The van der Waals surface area contributed by atoms with Crippen LogP contribution in [0.3, 0.4) is 0 Å². The molecule has 0 spiro atoms. The van der Waals surface area contributed by atoms with Gasteiger partial charge in [-0.2, -0.15) is 9.40 Å². The van der Waals surface area contributed by atoms with Crippen LogP contribution in [0.15, 0.2) is 59.6 Å². The zero-order chi connectivity index (χ0) is 22.7. The standard InChI is InChI=1S/C22H23ClN4O4S/c1-16-20(15-25-27(16)19-8-6-18(23)7-9-19)22(28)24-14-17-4-2-3-5-21(17)32(29,30)26-10-12-31-13-11-26/h2-9,15H,10-14H2,1H3,(H,24,28). The summed E-state index contributed by atoms with van der Waals surface area (Å²) in [6.07, 6.45) is 1.50. The van der Waals surface area contributed by atoms with E-state index in [0.29, 0.717) is 48.1 Å². The fourth-order valence-electron chi connectivity index (χ4n) is 3.57. The Kier molecular flexibility index (Phi) is 6.61. The second kappa shape index (κ2) is 9.41. The highest BCUT2D eigenvalue weighted by Crippen LogP contribution is 2.22. The molecule has 3 aromatic rings. The zero-order valence-electron chi connectivity index (χ0n) is 17.5. The van der Waals surface area contributed by atoms with Gasteiger partial charge in [-0.1, -0.05) is 29.8 Å². The summed E-state index contributed by atoms with van der Waals surface area (Å²) in [4.78, 5) is 13.0. The molecular formula is C22H23ClN4O4S. The molecule has 4 rings (SSSR count). The minimum absolute atomic E-state index is 0.0736. The fourth-order valence-corrected chi connectivity index (χ4v) is 5.33. The van der Waals surface area contributed by atoms with Crippen LogP contribution >= 0.6 is 11.6 Å². The van der Waals surface area contributed by atoms with Gasteiger partial charge in [-0.3, -0.25) is 4.79 Å². The molecule has 1 aliphatic heterocycles. The lowest BCUT2D eigenvalue weighted by Gasteiger charge is -2.27. The van der Waals surface area contributed by atoms with Crippen molar-refractivity contribution in [1.82, 2.24) is 19.4 Å². The van der Waals surface area contributed by atoms with E-state index in [4.69, 9.17) is 16.3 Å². The quantitative estimate of drug-likeness (QED) is 0.593. The second-order valence-corrected chi connectivity index (χ2v) is 9.68. The number of amides is 1. The third-order valence-corrected chi connectivity index (χ3v) is 7.58. The number of nitrogens with zero attached hydrogens (tertiary/aromatic N) is 3. The normalized spacial score (nSPS) is 14.9. The maximum Gasteiger partial charge on any atom is 0.255 e. The van der Waals surface area contributed by atoms with Gasteiger partial charge in [0.15, 0.2) is 0 Å². The Balaban J connectivity index is 1.51. The van der Waals surface area contributed by atoms with Crippen LogP contribution in [0.2, 0.25) is 5.02 Å². The Morgan fingerprint density at radius 3 is 2.53 bits per heavy atom. The molecule has 1 aromatic heterocycles. The summed E-state index contributed by atoms with van der Waals surface area (Å²) in [6.45, 7) is 3.24. The van der Waals surface area contributed by atoms with Gasteiger partial charge in [0.05, 0.1) is 41.3 Å². The molecule has 1 aliphatic rings. The van der Waals surface area contributed by atoms with E-state index >= 15 is 0 Å². The molecule has 1 amide bonds. The lowest BCUT2D eigenvalue weighted by atomic mass is 10.2. The van der Waals surface area contributed by atoms with Gasteiger partial charge in [0.25, 0.3) is 5.91 Å². The summed E-state index contributed by atoms with van der Waals surface area (Å²) in [5.74, 6) is -0.332. The molecule has 32 heavy (non-hydrogen) atoms. The summed E-state index contributed by atoms with van der Waals surface area (Å²) < 4.78 is 34.5. The Morgan fingerprint density at radius 1 is 1.12 bits per heavy atom. The van der Waals surface area contributed by atoms with Crippen LogP contribution in [0.1, 0.15) is 21.6 Å². The number of carbonyl (C=O) groups excluding carboxylic acids is 1. The maximum absolute atomic E-state index is 13.1. The van der Waals surface area contributed by atoms with Crippen LogP contribution in [-0.4, -0.2) is 54.7 Å². The molecule has 0 bridgehead atoms. The van der Waals surface area contributed by atoms with Crippen LogP contribution in [0.25, 0.3) is 5.69 Å². The van der Waals surface area contributed by atoms with E-state index in [-0.39, 0.29) is 17.3 Å². The highest BCUT2D eigenvalue weighted by atomic mass is 35.5. The second-order valence-electron chi connectivity index (χ2n) is 7.34. The average molecular weight is 475 g/mol. The topological polar surface area (TPSA) is 93.5 Å². The highest BCUT2D eigenvalue weighted by Gasteiger charge is 2.28. The molecule has 0 aliphatic carbocycles. The smallest absolute Gasteiger partial charge is 0.255 e. The van der Waals surface area contributed by atoms with E-state index in [9.17, 15) is 13.2 Å². The lowest BCUT2D eigenvalue weighted by Crippen LogP contribution is -2.41. The molecule has 8 nitrogen and oxygen atoms in total. The predicted octanol–water partition coefficient (Wildman–Crippen LogP) is 2.79. The largest absolute Gasteiger partial charge is 0.379 e. The Labute approximate surface area is 191 Å². The van der Waals surface area contributed by atoms with E-state index in [1.165, 1.54) is 10.5 Å². The van der Waals surface area contributed by atoms with Crippen LogP contribution in [0.4, 0.5) is 0 Å². The number of morpholine rings is 1. The van der Waals surface area contributed by atoms with Crippen LogP contribution in [-0.2, 0) is 21.3 Å². The van der Waals surface area contributed by atoms with Gasteiger partial charge in [-0.15, -0.1) is 0 Å². The minimum Gasteiger partial charge on any atom is -0.379 e. The van der Waals surface area contributed by atoms with Crippen molar-refractivity contribution in [3.05, 3.63) is 76.6 Å². The van der Waals surface area contributed by atoms with Crippen molar-refractivity contribution >= 4 is 27.5 Å². The first kappa shape index (κ1) is 22.5. The molecular weight excluding hydrogens is 452 g/mol. The van der Waals surface area contributed by atoms with Crippen molar-refractivity contribution < 1.29 is 17.9 Å². The summed E-state index contributed by atoms with van der Waals surface area (Å²) in [7, 11) is -3.67. The first-order chi connectivity index (χ1) is 15.4. The van der Waals surface area contributed by atoms with Crippen LogP contribution in [0, 0.1) is 6.92 Å². The van der Waals surface area contributed by atoms with Crippen molar-refractivity contribution in [3.8, 4) is 5.69 Å². The van der Waals surface area contributed by atoms with Gasteiger partial charge in [-0.25, -0.2) is 13.1 Å². The number of carbonyl (C=O) groups is 1. The molecule has 0 radical (unpaired) electrons. The average Bonchev–Trinajstić information content (AvgIpc) is 3.20. The number of aromatic nitrogens is 2. The van der Waals surface area contributed by atoms with Gasteiger partial charge in [-0.05, 0) is 42.8 Å². The molecule has 1 fully saturated rings.